The van der Waals surface area contributed by atoms with E-state index < -0.39 is 0 Å². The van der Waals surface area contributed by atoms with Gasteiger partial charge in [0.25, 0.3) is 0 Å². The third kappa shape index (κ3) is 1.26. The van der Waals surface area contributed by atoms with E-state index in [9.17, 15) is 0 Å². The smallest absolute Gasteiger partial charge is 0.0684 e. The van der Waals surface area contributed by atoms with Gasteiger partial charge in [0.05, 0.1) is 6.61 Å². The molecule has 0 aliphatic heterocycles. The largest absolute Gasteiger partial charge is 0.392 e. The molecule has 0 saturated heterocycles. The van der Waals surface area contributed by atoms with Gasteiger partial charge in [-0.3, -0.25) is 0 Å². The van der Waals surface area contributed by atoms with E-state index in [1.54, 1.807) is 0 Å². The van der Waals surface area contributed by atoms with Gasteiger partial charge in [0, 0.05) is 6.04 Å². The summed E-state index contributed by atoms with van der Waals surface area (Å²) in [5, 5.41) is 9.14. The van der Waals surface area contributed by atoms with Crippen LogP contribution in [-0.2, 0) is 13.0 Å². The fraction of sp³-hybridized carbons (Fsp3) is 0.455. The predicted molar refractivity (Wildman–Crippen MR) is 52.4 cm³/mol. The van der Waals surface area contributed by atoms with Crippen molar-refractivity contribution in [2.24, 2.45) is 5.73 Å². The first-order valence-corrected chi connectivity index (χ1v) is 4.71. The average Bonchev–Trinajstić information content (AvgIpc) is 2.50. The summed E-state index contributed by atoms with van der Waals surface area (Å²) in [6, 6.07) is 4.24. The molecule has 3 N–H and O–H groups in total. The molecular formula is C11H15NO. The average molecular weight is 177 g/mol. The van der Waals surface area contributed by atoms with Gasteiger partial charge in [-0.05, 0) is 42.0 Å². The molecule has 1 aromatic rings. The molecule has 0 unspecified atom stereocenters. The Balaban J connectivity index is 2.59. The number of benzene rings is 1. The van der Waals surface area contributed by atoms with Gasteiger partial charge in [0.1, 0.15) is 0 Å². The molecule has 0 saturated carbocycles. The molecule has 70 valence electrons. The van der Waals surface area contributed by atoms with Gasteiger partial charge in [0.2, 0.25) is 0 Å². The standard InChI is InChI=1S/C11H15NO/c1-7-2-3-8(6-13)9-4-5-10(12)11(7)9/h2-3,10,13H,4-6,12H2,1H3/t10-/m1/s1. The van der Waals surface area contributed by atoms with Crippen molar-refractivity contribution in [2.45, 2.75) is 32.4 Å². The molecule has 0 aromatic heterocycles. The Bertz CT molecular complexity index is 333. The van der Waals surface area contributed by atoms with Crippen molar-refractivity contribution in [3.8, 4) is 0 Å². The molecule has 0 fully saturated rings. The minimum Gasteiger partial charge on any atom is -0.392 e. The Morgan fingerprint density at radius 1 is 1.54 bits per heavy atom. The third-order valence-corrected chi connectivity index (χ3v) is 2.92. The third-order valence-electron chi connectivity index (χ3n) is 2.92. The SMILES string of the molecule is Cc1ccc(CO)c2c1[C@H](N)CC2. The second-order valence-electron chi connectivity index (χ2n) is 3.74. The van der Waals surface area contributed by atoms with Crippen LogP contribution >= 0.6 is 0 Å². The van der Waals surface area contributed by atoms with Crippen molar-refractivity contribution in [3.63, 3.8) is 0 Å². The molecule has 2 rings (SSSR count). The molecule has 2 heteroatoms. The highest BCUT2D eigenvalue weighted by Crippen LogP contribution is 2.34. The van der Waals surface area contributed by atoms with Crippen LogP contribution in [0.4, 0.5) is 0 Å². The number of aliphatic hydroxyl groups excluding tert-OH is 1. The van der Waals surface area contributed by atoms with Gasteiger partial charge in [-0.1, -0.05) is 12.1 Å². The normalized spacial score (nSPS) is 20.4. The molecule has 0 radical (unpaired) electrons. The van der Waals surface area contributed by atoms with Crippen LogP contribution in [0.15, 0.2) is 12.1 Å². The van der Waals surface area contributed by atoms with Crippen LogP contribution in [0.25, 0.3) is 0 Å². The monoisotopic (exact) mass is 177 g/mol. The maximum Gasteiger partial charge on any atom is 0.0684 e. The predicted octanol–water partition coefficient (Wildman–Crippen LogP) is 1.43. The lowest BCUT2D eigenvalue weighted by molar-refractivity contribution is 0.280. The Morgan fingerprint density at radius 3 is 3.00 bits per heavy atom. The first-order chi connectivity index (χ1) is 6.24. The van der Waals surface area contributed by atoms with Gasteiger partial charge in [-0.15, -0.1) is 0 Å². The minimum absolute atomic E-state index is 0.134. The van der Waals surface area contributed by atoms with Crippen LogP contribution in [0, 0.1) is 6.92 Å². The summed E-state index contributed by atoms with van der Waals surface area (Å²) in [5.41, 5.74) is 10.9. The highest BCUT2D eigenvalue weighted by molar-refractivity contribution is 5.45. The molecular weight excluding hydrogens is 162 g/mol. The Morgan fingerprint density at radius 2 is 2.31 bits per heavy atom. The summed E-state index contributed by atoms with van der Waals surface area (Å²) >= 11 is 0. The molecule has 13 heavy (non-hydrogen) atoms. The molecule has 0 spiro atoms. The summed E-state index contributed by atoms with van der Waals surface area (Å²) in [6.07, 6.45) is 2.04. The van der Waals surface area contributed by atoms with Crippen molar-refractivity contribution in [1.29, 1.82) is 0 Å². The number of rotatable bonds is 1. The molecule has 0 heterocycles. The van der Waals surface area contributed by atoms with E-state index in [1.807, 2.05) is 6.07 Å². The zero-order valence-corrected chi connectivity index (χ0v) is 7.88. The number of aryl methyl sites for hydroxylation is 1. The Kier molecular flexibility index (Phi) is 2.10. The fourth-order valence-corrected chi connectivity index (χ4v) is 2.23. The second-order valence-corrected chi connectivity index (χ2v) is 3.74. The van der Waals surface area contributed by atoms with E-state index in [1.165, 1.54) is 16.7 Å². The Hall–Kier alpha value is -0.860. The van der Waals surface area contributed by atoms with Crippen LogP contribution in [0.5, 0.6) is 0 Å². The summed E-state index contributed by atoms with van der Waals surface area (Å²) in [4.78, 5) is 0. The zero-order chi connectivity index (χ0) is 9.42. The minimum atomic E-state index is 0.134. The van der Waals surface area contributed by atoms with Crippen LogP contribution in [-0.4, -0.2) is 5.11 Å². The van der Waals surface area contributed by atoms with Gasteiger partial charge < -0.3 is 10.8 Å². The molecule has 1 aromatic carbocycles. The molecule has 1 aliphatic rings. The van der Waals surface area contributed by atoms with Gasteiger partial charge in [-0.2, -0.15) is 0 Å². The molecule has 0 amide bonds. The summed E-state index contributed by atoms with van der Waals surface area (Å²) in [7, 11) is 0. The lowest BCUT2D eigenvalue weighted by atomic mass is 9.98. The highest BCUT2D eigenvalue weighted by atomic mass is 16.3. The van der Waals surface area contributed by atoms with Gasteiger partial charge in [-0.25, -0.2) is 0 Å². The Labute approximate surface area is 78.4 Å². The summed E-state index contributed by atoms with van der Waals surface area (Å²) in [6.45, 7) is 2.22. The van der Waals surface area contributed by atoms with E-state index >= 15 is 0 Å². The first kappa shape index (κ1) is 8.73. The van der Waals surface area contributed by atoms with Gasteiger partial charge >= 0.3 is 0 Å². The first-order valence-electron chi connectivity index (χ1n) is 4.71. The summed E-state index contributed by atoms with van der Waals surface area (Å²) in [5.74, 6) is 0. The van der Waals surface area contributed by atoms with E-state index in [0.717, 1.165) is 18.4 Å². The van der Waals surface area contributed by atoms with Crippen molar-refractivity contribution in [3.05, 3.63) is 34.4 Å². The van der Waals surface area contributed by atoms with Crippen LogP contribution in [0.1, 0.15) is 34.7 Å². The highest BCUT2D eigenvalue weighted by Gasteiger charge is 2.22. The van der Waals surface area contributed by atoms with E-state index in [4.69, 9.17) is 10.8 Å². The maximum absolute atomic E-state index is 9.14. The van der Waals surface area contributed by atoms with Crippen LogP contribution in [0.3, 0.4) is 0 Å². The quantitative estimate of drug-likeness (QED) is 0.681. The number of aliphatic hydroxyl groups is 1. The molecule has 2 nitrogen and oxygen atoms in total. The van der Waals surface area contributed by atoms with E-state index in [0.29, 0.717) is 0 Å². The lowest BCUT2D eigenvalue weighted by Gasteiger charge is -2.11. The van der Waals surface area contributed by atoms with Crippen LogP contribution < -0.4 is 5.73 Å². The van der Waals surface area contributed by atoms with E-state index in [-0.39, 0.29) is 12.6 Å². The second kappa shape index (κ2) is 3.13. The van der Waals surface area contributed by atoms with Crippen molar-refractivity contribution in [1.82, 2.24) is 0 Å². The molecule has 1 atom stereocenters. The number of hydrogen-bond donors (Lipinski definition) is 2. The maximum atomic E-state index is 9.14. The van der Waals surface area contributed by atoms with Crippen molar-refractivity contribution in [2.75, 3.05) is 0 Å². The number of fused-ring (bicyclic) bond motifs is 1. The molecule has 0 bridgehead atoms. The van der Waals surface area contributed by atoms with Gasteiger partial charge in [0.15, 0.2) is 0 Å². The lowest BCUT2D eigenvalue weighted by Crippen LogP contribution is -2.07. The number of nitrogens with two attached hydrogens (primary N) is 1. The zero-order valence-electron chi connectivity index (χ0n) is 7.88. The summed E-state index contributed by atoms with van der Waals surface area (Å²) < 4.78 is 0. The fourth-order valence-electron chi connectivity index (χ4n) is 2.23. The van der Waals surface area contributed by atoms with Crippen LogP contribution in [0.2, 0.25) is 0 Å². The topological polar surface area (TPSA) is 46.2 Å². The van der Waals surface area contributed by atoms with E-state index in [2.05, 4.69) is 13.0 Å². The number of hydrogen-bond acceptors (Lipinski definition) is 2. The molecule has 1 aliphatic carbocycles. The van der Waals surface area contributed by atoms with Crippen molar-refractivity contribution >= 4 is 0 Å². The van der Waals surface area contributed by atoms with Crippen molar-refractivity contribution < 1.29 is 5.11 Å².